The van der Waals surface area contributed by atoms with Crippen LogP contribution in [0.15, 0.2) is 6.07 Å². The first-order chi connectivity index (χ1) is 9.67. The zero-order chi connectivity index (χ0) is 14.5. The molecule has 2 aromatic heterocycles. The van der Waals surface area contributed by atoms with Gasteiger partial charge in [-0.3, -0.25) is 0 Å². The molecular formula is C14H22N4OS. The van der Waals surface area contributed by atoms with Crippen LogP contribution in [0.2, 0.25) is 0 Å². The Morgan fingerprint density at radius 2 is 2.10 bits per heavy atom. The molecule has 0 bridgehead atoms. The molecule has 2 N–H and O–H groups in total. The highest BCUT2D eigenvalue weighted by Crippen LogP contribution is 2.30. The Morgan fingerprint density at radius 1 is 1.30 bits per heavy atom. The van der Waals surface area contributed by atoms with Crippen molar-refractivity contribution in [1.82, 2.24) is 9.97 Å². The maximum atomic E-state index is 5.27. The van der Waals surface area contributed by atoms with Gasteiger partial charge in [-0.2, -0.15) is 4.98 Å². The van der Waals surface area contributed by atoms with Gasteiger partial charge in [0, 0.05) is 25.1 Å². The zero-order valence-corrected chi connectivity index (χ0v) is 13.3. The number of ether oxygens (including phenoxy) is 1. The number of hydrogen-bond acceptors (Lipinski definition) is 6. The summed E-state index contributed by atoms with van der Waals surface area (Å²) in [7, 11) is 1.71. The van der Waals surface area contributed by atoms with E-state index in [0.29, 0.717) is 5.95 Å². The van der Waals surface area contributed by atoms with Gasteiger partial charge in [0.05, 0.1) is 11.5 Å². The number of methoxy groups -OCH3 is 1. The van der Waals surface area contributed by atoms with Gasteiger partial charge in [0.2, 0.25) is 5.95 Å². The number of anilines is 2. The van der Waals surface area contributed by atoms with Crippen molar-refractivity contribution in [3.8, 4) is 0 Å². The van der Waals surface area contributed by atoms with E-state index in [4.69, 9.17) is 4.74 Å². The highest BCUT2D eigenvalue weighted by molar-refractivity contribution is 7.18. The van der Waals surface area contributed by atoms with E-state index in [0.717, 1.165) is 35.5 Å². The predicted octanol–water partition coefficient (Wildman–Crippen LogP) is 3.13. The van der Waals surface area contributed by atoms with E-state index in [9.17, 15) is 0 Å². The van der Waals surface area contributed by atoms with E-state index >= 15 is 0 Å². The molecule has 0 aliphatic carbocycles. The summed E-state index contributed by atoms with van der Waals surface area (Å²) in [6.45, 7) is 7.77. The van der Waals surface area contributed by atoms with Crippen LogP contribution < -0.4 is 10.6 Å². The van der Waals surface area contributed by atoms with Crippen molar-refractivity contribution in [2.45, 2.75) is 33.3 Å². The molecule has 5 nitrogen and oxygen atoms in total. The summed E-state index contributed by atoms with van der Waals surface area (Å²) >= 11 is 1.73. The van der Waals surface area contributed by atoms with Gasteiger partial charge >= 0.3 is 0 Å². The van der Waals surface area contributed by atoms with Gasteiger partial charge < -0.3 is 15.4 Å². The molecule has 0 saturated heterocycles. The molecule has 110 valence electrons. The van der Waals surface area contributed by atoms with Crippen molar-refractivity contribution in [3.05, 3.63) is 10.9 Å². The van der Waals surface area contributed by atoms with Crippen LogP contribution in [0.25, 0.3) is 10.2 Å². The first kappa shape index (κ1) is 15.0. The van der Waals surface area contributed by atoms with E-state index in [1.165, 1.54) is 4.88 Å². The molecule has 0 aliphatic heterocycles. The Morgan fingerprint density at radius 3 is 2.75 bits per heavy atom. The van der Waals surface area contributed by atoms with Crippen molar-refractivity contribution in [2.24, 2.45) is 0 Å². The number of aryl methyl sites for hydroxylation is 1. The van der Waals surface area contributed by atoms with Crippen LogP contribution in [0, 0.1) is 0 Å². The van der Waals surface area contributed by atoms with Gasteiger partial charge in [0.1, 0.15) is 10.6 Å². The molecule has 1 unspecified atom stereocenters. The van der Waals surface area contributed by atoms with Crippen LogP contribution in [0.3, 0.4) is 0 Å². The average molecular weight is 294 g/mol. The fraction of sp³-hybridized carbons (Fsp3) is 0.571. The molecule has 0 fully saturated rings. The van der Waals surface area contributed by atoms with Crippen molar-refractivity contribution < 1.29 is 4.74 Å². The van der Waals surface area contributed by atoms with Crippen LogP contribution in [0.1, 0.15) is 25.6 Å². The van der Waals surface area contributed by atoms with E-state index < -0.39 is 0 Å². The summed E-state index contributed by atoms with van der Waals surface area (Å²) < 4.78 is 5.27. The first-order valence-corrected chi connectivity index (χ1v) is 7.80. The number of thiophene rings is 1. The Bertz CT molecular complexity index is 570. The topological polar surface area (TPSA) is 59.1 Å². The molecule has 0 aliphatic rings. The Hall–Kier alpha value is -1.40. The highest BCUT2D eigenvalue weighted by atomic mass is 32.1. The molecule has 0 spiro atoms. The number of nitrogens with one attached hydrogen (secondary N) is 2. The molecule has 0 saturated carbocycles. The fourth-order valence-electron chi connectivity index (χ4n) is 1.84. The molecule has 2 heterocycles. The third-order valence-electron chi connectivity index (χ3n) is 3.09. The second-order valence-electron chi connectivity index (χ2n) is 4.64. The lowest BCUT2D eigenvalue weighted by molar-refractivity contribution is 0.128. The Labute approximate surface area is 123 Å². The predicted molar refractivity (Wildman–Crippen MR) is 85.9 cm³/mol. The van der Waals surface area contributed by atoms with E-state index in [2.05, 4.69) is 33.6 Å². The number of hydrogen-bond donors (Lipinski definition) is 2. The molecular weight excluding hydrogens is 272 g/mol. The summed E-state index contributed by atoms with van der Waals surface area (Å²) in [5.41, 5.74) is 0. The lowest BCUT2D eigenvalue weighted by atomic mass is 10.3. The van der Waals surface area contributed by atoms with Gasteiger partial charge in [-0.05, 0) is 26.3 Å². The maximum Gasteiger partial charge on any atom is 0.226 e. The van der Waals surface area contributed by atoms with E-state index in [-0.39, 0.29) is 6.10 Å². The van der Waals surface area contributed by atoms with Crippen LogP contribution in [-0.2, 0) is 11.2 Å². The van der Waals surface area contributed by atoms with Crippen molar-refractivity contribution in [1.29, 1.82) is 0 Å². The Kier molecular flexibility index (Phi) is 5.14. The van der Waals surface area contributed by atoms with Gasteiger partial charge in [0.15, 0.2) is 0 Å². The van der Waals surface area contributed by atoms with Gasteiger partial charge in [-0.15, -0.1) is 11.3 Å². The normalized spacial score (nSPS) is 12.6. The number of fused-ring (bicyclic) bond motifs is 1. The average Bonchev–Trinajstić information content (AvgIpc) is 2.87. The minimum Gasteiger partial charge on any atom is -0.380 e. The maximum absolute atomic E-state index is 5.27. The molecule has 0 radical (unpaired) electrons. The van der Waals surface area contributed by atoms with Crippen LogP contribution in [-0.4, -0.2) is 36.3 Å². The lowest BCUT2D eigenvalue weighted by Crippen LogP contribution is -2.19. The summed E-state index contributed by atoms with van der Waals surface area (Å²) in [5, 5.41) is 7.64. The summed E-state index contributed by atoms with van der Waals surface area (Å²) in [6, 6.07) is 2.18. The highest BCUT2D eigenvalue weighted by Gasteiger charge is 2.11. The van der Waals surface area contributed by atoms with E-state index in [1.54, 1.807) is 18.4 Å². The first-order valence-electron chi connectivity index (χ1n) is 6.98. The number of rotatable bonds is 7. The van der Waals surface area contributed by atoms with Crippen LogP contribution in [0.4, 0.5) is 11.8 Å². The van der Waals surface area contributed by atoms with Gasteiger partial charge in [-0.25, -0.2) is 4.98 Å². The standard InChI is InChI=1S/C14H22N4OS/c1-5-10-7-11-12(16-8-9(3)19-4)17-14(15-6-2)18-13(11)20-10/h7,9H,5-6,8H2,1-4H3,(H2,15,16,17,18). The SMILES string of the molecule is CCNc1nc(NCC(C)OC)c2cc(CC)sc2n1. The van der Waals surface area contributed by atoms with Crippen molar-refractivity contribution in [3.63, 3.8) is 0 Å². The largest absolute Gasteiger partial charge is 0.380 e. The molecule has 0 amide bonds. The summed E-state index contributed by atoms with van der Waals surface area (Å²) in [4.78, 5) is 11.5. The minimum atomic E-state index is 0.145. The molecule has 0 aromatic carbocycles. The molecule has 1 atom stereocenters. The van der Waals surface area contributed by atoms with Gasteiger partial charge in [0.25, 0.3) is 0 Å². The molecule has 6 heteroatoms. The summed E-state index contributed by atoms with van der Waals surface area (Å²) in [5.74, 6) is 1.56. The fourth-order valence-corrected chi connectivity index (χ4v) is 2.81. The third-order valence-corrected chi connectivity index (χ3v) is 4.26. The monoisotopic (exact) mass is 294 g/mol. The molecule has 20 heavy (non-hydrogen) atoms. The summed E-state index contributed by atoms with van der Waals surface area (Å²) in [6.07, 6.45) is 1.16. The molecule has 2 aromatic rings. The van der Waals surface area contributed by atoms with Crippen molar-refractivity contribution in [2.75, 3.05) is 30.8 Å². The zero-order valence-electron chi connectivity index (χ0n) is 12.5. The second kappa shape index (κ2) is 6.85. The second-order valence-corrected chi connectivity index (χ2v) is 5.75. The van der Waals surface area contributed by atoms with Crippen molar-refractivity contribution >= 4 is 33.3 Å². The quantitative estimate of drug-likeness (QED) is 0.821. The van der Waals surface area contributed by atoms with Crippen LogP contribution >= 0.6 is 11.3 Å². The minimum absolute atomic E-state index is 0.145. The lowest BCUT2D eigenvalue weighted by Gasteiger charge is -2.12. The smallest absolute Gasteiger partial charge is 0.226 e. The Balaban J connectivity index is 2.34. The number of aromatic nitrogens is 2. The van der Waals surface area contributed by atoms with Crippen LogP contribution in [0.5, 0.6) is 0 Å². The van der Waals surface area contributed by atoms with Gasteiger partial charge in [-0.1, -0.05) is 6.92 Å². The molecule has 2 rings (SSSR count). The van der Waals surface area contributed by atoms with E-state index in [1.807, 2.05) is 13.8 Å². The number of nitrogens with zero attached hydrogens (tertiary/aromatic N) is 2. The third kappa shape index (κ3) is 3.37.